The smallest absolute Gasteiger partial charge is 0.137 e. The summed E-state index contributed by atoms with van der Waals surface area (Å²) in [5.41, 5.74) is 11.5. The van der Waals surface area contributed by atoms with E-state index in [9.17, 15) is 1.37 Å². The maximum absolute atomic E-state index is 9.46. The molecule has 3 nitrogen and oxygen atoms in total. The van der Waals surface area contributed by atoms with Gasteiger partial charge in [0.25, 0.3) is 0 Å². The highest BCUT2D eigenvalue weighted by Crippen LogP contribution is 2.42. The lowest BCUT2D eigenvalue weighted by Crippen LogP contribution is -2.09. The van der Waals surface area contributed by atoms with Crippen LogP contribution in [0.3, 0.4) is 0 Å². The zero-order chi connectivity index (χ0) is 38.0. The van der Waals surface area contributed by atoms with E-state index in [1.165, 1.54) is 10.8 Å². The predicted molar refractivity (Wildman–Crippen MR) is 231 cm³/mol. The van der Waals surface area contributed by atoms with Crippen molar-refractivity contribution < 1.29 is 7.16 Å². The molecular weight excluding hydrogens is 669 g/mol. The van der Waals surface area contributed by atoms with Crippen LogP contribution in [-0.2, 0) is 0 Å². The van der Waals surface area contributed by atoms with Gasteiger partial charge < -0.3 is 13.9 Å². The summed E-state index contributed by atoms with van der Waals surface area (Å²) in [5, 5.41) is 6.72. The van der Waals surface area contributed by atoms with E-state index in [4.69, 9.17) is 5.79 Å². The molecule has 0 bridgehead atoms. The SMILES string of the molecule is [2H]c1ccccc1-c1cccc2ccc(-c3ccc(N(c4ccccc4)c4ccc5c(c4)oc4cccc(-n6c7ccccc7c7ccccc76)c45)c([2H])c3)cc12. The van der Waals surface area contributed by atoms with Gasteiger partial charge in [-0.3, -0.25) is 0 Å². The summed E-state index contributed by atoms with van der Waals surface area (Å²) in [6.07, 6.45) is 0. The maximum Gasteiger partial charge on any atom is 0.137 e. The second-order valence-corrected chi connectivity index (χ2v) is 14.0. The van der Waals surface area contributed by atoms with Gasteiger partial charge in [-0.15, -0.1) is 0 Å². The van der Waals surface area contributed by atoms with E-state index >= 15 is 0 Å². The average molecular weight is 705 g/mol. The first kappa shape index (κ1) is 29.1. The molecule has 2 aromatic heterocycles. The molecule has 9 aromatic carbocycles. The summed E-state index contributed by atoms with van der Waals surface area (Å²) in [7, 11) is 0. The number of rotatable bonds is 6. The Balaban J connectivity index is 1.03. The quantitative estimate of drug-likeness (QED) is 0.172. The first-order chi connectivity index (χ1) is 28.1. The third-order valence-corrected chi connectivity index (χ3v) is 10.8. The molecule has 0 N–H and O–H groups in total. The van der Waals surface area contributed by atoms with Crippen LogP contribution in [-0.4, -0.2) is 4.57 Å². The molecule has 0 atom stereocenters. The van der Waals surface area contributed by atoms with E-state index in [0.717, 1.165) is 88.7 Å². The Morgan fingerprint density at radius 1 is 0.418 bits per heavy atom. The Labute approximate surface area is 321 Å². The van der Waals surface area contributed by atoms with Gasteiger partial charge in [-0.05, 0) is 99.7 Å². The van der Waals surface area contributed by atoms with E-state index in [1.54, 1.807) is 0 Å². The minimum atomic E-state index is 0.402. The van der Waals surface area contributed by atoms with Crippen LogP contribution in [0.5, 0.6) is 0 Å². The first-order valence-corrected chi connectivity index (χ1v) is 18.6. The van der Waals surface area contributed by atoms with Crippen LogP contribution in [0.25, 0.3) is 82.5 Å². The number of para-hydroxylation sites is 3. The van der Waals surface area contributed by atoms with Gasteiger partial charge in [0.05, 0.1) is 24.8 Å². The van der Waals surface area contributed by atoms with Crippen molar-refractivity contribution >= 4 is 71.6 Å². The Morgan fingerprint density at radius 3 is 1.96 bits per heavy atom. The third kappa shape index (κ3) is 5.13. The normalized spacial score (nSPS) is 12.1. The lowest BCUT2D eigenvalue weighted by Gasteiger charge is -2.25. The van der Waals surface area contributed by atoms with Crippen LogP contribution in [0.2, 0.25) is 0 Å². The molecule has 2 heterocycles. The van der Waals surface area contributed by atoms with E-state index in [-0.39, 0.29) is 0 Å². The number of anilines is 3. The van der Waals surface area contributed by atoms with Gasteiger partial charge in [-0.25, -0.2) is 0 Å². The molecule has 0 unspecified atom stereocenters. The number of furan rings is 1. The van der Waals surface area contributed by atoms with E-state index in [0.29, 0.717) is 12.1 Å². The zero-order valence-corrected chi connectivity index (χ0v) is 29.8. The van der Waals surface area contributed by atoms with Gasteiger partial charge in [0.1, 0.15) is 11.2 Å². The monoisotopic (exact) mass is 704 g/mol. The molecule has 0 aliphatic heterocycles. The molecule has 11 aromatic rings. The Hall–Kier alpha value is -7.36. The minimum absolute atomic E-state index is 0.402. The van der Waals surface area contributed by atoms with Gasteiger partial charge in [-0.2, -0.15) is 0 Å². The molecule has 0 radical (unpaired) electrons. The van der Waals surface area contributed by atoms with E-state index in [1.807, 2.05) is 66.7 Å². The Bertz CT molecular complexity index is 3290. The third-order valence-electron chi connectivity index (χ3n) is 10.8. The number of nitrogens with zero attached hydrogens (tertiary/aromatic N) is 2. The number of benzene rings is 9. The van der Waals surface area contributed by atoms with Gasteiger partial charge in [0.2, 0.25) is 0 Å². The molecule has 0 aliphatic rings. The molecule has 0 aliphatic carbocycles. The molecule has 11 rings (SSSR count). The topological polar surface area (TPSA) is 21.3 Å². The molecular formula is C52H34N2O. The molecule has 0 spiro atoms. The summed E-state index contributed by atoms with van der Waals surface area (Å²) < 4.78 is 27.0. The molecule has 0 saturated heterocycles. The highest BCUT2D eigenvalue weighted by Gasteiger charge is 2.20. The van der Waals surface area contributed by atoms with Crippen LogP contribution in [0.1, 0.15) is 2.74 Å². The van der Waals surface area contributed by atoms with Crippen molar-refractivity contribution in [3.05, 3.63) is 206 Å². The van der Waals surface area contributed by atoms with Gasteiger partial charge in [-0.1, -0.05) is 133 Å². The summed E-state index contributed by atoms with van der Waals surface area (Å²) in [4.78, 5) is 2.14. The van der Waals surface area contributed by atoms with Crippen molar-refractivity contribution in [1.82, 2.24) is 4.57 Å². The molecule has 0 amide bonds. The van der Waals surface area contributed by atoms with Crippen LogP contribution in [0.15, 0.2) is 211 Å². The average Bonchev–Trinajstić information content (AvgIpc) is 3.80. The van der Waals surface area contributed by atoms with E-state index < -0.39 is 0 Å². The van der Waals surface area contributed by atoms with Crippen molar-refractivity contribution in [3.63, 3.8) is 0 Å². The fraction of sp³-hybridized carbons (Fsp3) is 0. The highest BCUT2D eigenvalue weighted by atomic mass is 16.3. The molecule has 55 heavy (non-hydrogen) atoms. The summed E-state index contributed by atoms with van der Waals surface area (Å²) >= 11 is 0. The van der Waals surface area contributed by atoms with Gasteiger partial charge >= 0.3 is 0 Å². The predicted octanol–water partition coefficient (Wildman–Crippen LogP) is 14.6. The number of aromatic nitrogens is 1. The minimum Gasteiger partial charge on any atom is -0.456 e. The summed E-state index contributed by atoms with van der Waals surface area (Å²) in [6.45, 7) is 0. The van der Waals surface area contributed by atoms with Crippen molar-refractivity contribution in [1.29, 1.82) is 0 Å². The highest BCUT2D eigenvalue weighted by molar-refractivity contribution is 6.14. The van der Waals surface area contributed by atoms with Crippen molar-refractivity contribution in [2.24, 2.45) is 0 Å². The lowest BCUT2D eigenvalue weighted by molar-refractivity contribution is 0.669. The molecule has 0 saturated carbocycles. The second kappa shape index (κ2) is 12.6. The zero-order valence-electron chi connectivity index (χ0n) is 31.8. The molecule has 258 valence electrons. The standard InChI is InChI=1S/C52H34N2O/c1-3-13-36(14-4-1)42-20-11-15-37-25-26-38(33-46(37)42)35-27-29-40(30-28-35)53(39-16-5-2-6-17-39)41-31-32-45-51(34-41)55-50-24-12-23-49(52(45)50)54-47-21-9-7-18-43(47)44-19-8-10-22-48(44)54/h1-34H/i13D,29D. The maximum atomic E-state index is 9.46. The Kier molecular flexibility index (Phi) is 6.70. The number of hydrogen-bond acceptors (Lipinski definition) is 2. The number of fused-ring (bicyclic) bond motifs is 7. The van der Waals surface area contributed by atoms with Gasteiger partial charge in [0, 0.05) is 39.3 Å². The van der Waals surface area contributed by atoms with Crippen LogP contribution in [0.4, 0.5) is 17.1 Å². The molecule has 3 heteroatoms. The van der Waals surface area contributed by atoms with E-state index in [2.05, 4.69) is 137 Å². The molecule has 0 fully saturated rings. The summed E-state index contributed by atoms with van der Waals surface area (Å²) in [5.74, 6) is 0. The summed E-state index contributed by atoms with van der Waals surface area (Å²) in [6, 6.07) is 67.4. The fourth-order valence-electron chi connectivity index (χ4n) is 8.29. The van der Waals surface area contributed by atoms with Crippen LogP contribution in [0, 0.1) is 0 Å². The number of hydrogen-bond donors (Lipinski definition) is 0. The lowest BCUT2D eigenvalue weighted by atomic mass is 9.95. The van der Waals surface area contributed by atoms with Crippen LogP contribution < -0.4 is 4.90 Å². The van der Waals surface area contributed by atoms with Crippen molar-refractivity contribution in [2.45, 2.75) is 0 Å². The second-order valence-electron chi connectivity index (χ2n) is 14.0. The van der Waals surface area contributed by atoms with Crippen LogP contribution >= 0.6 is 0 Å². The fourth-order valence-corrected chi connectivity index (χ4v) is 8.29. The largest absolute Gasteiger partial charge is 0.456 e. The van der Waals surface area contributed by atoms with Crippen molar-refractivity contribution in [2.75, 3.05) is 4.90 Å². The first-order valence-electron chi connectivity index (χ1n) is 19.6. The Morgan fingerprint density at radius 2 is 1.15 bits per heavy atom. The van der Waals surface area contributed by atoms with Crippen molar-refractivity contribution in [3.8, 4) is 27.9 Å². The van der Waals surface area contributed by atoms with Gasteiger partial charge in [0.15, 0.2) is 0 Å².